The van der Waals surface area contributed by atoms with E-state index < -0.39 is 12.7 Å². The minimum atomic E-state index is -4.38. The van der Waals surface area contributed by atoms with E-state index in [-0.39, 0.29) is 24.3 Å². The fourth-order valence-corrected chi connectivity index (χ4v) is 2.89. The summed E-state index contributed by atoms with van der Waals surface area (Å²) in [5, 5.41) is 13.5. The van der Waals surface area contributed by atoms with Gasteiger partial charge in [0.1, 0.15) is 6.54 Å². The number of nitrogens with zero attached hydrogens (tertiary/aromatic N) is 5. The first kappa shape index (κ1) is 18.3. The summed E-state index contributed by atoms with van der Waals surface area (Å²) in [6, 6.07) is 7.41. The highest BCUT2D eigenvalue weighted by Gasteiger charge is 2.30. The molecule has 1 aliphatic rings. The van der Waals surface area contributed by atoms with Crippen LogP contribution in [0, 0.1) is 0 Å². The van der Waals surface area contributed by atoms with Gasteiger partial charge in [-0.3, -0.25) is 4.79 Å². The Morgan fingerprint density at radius 2 is 2.15 bits per heavy atom. The first-order valence-corrected chi connectivity index (χ1v) is 8.29. The molecule has 1 aromatic heterocycles. The highest BCUT2D eigenvalue weighted by atomic mass is 19.4. The van der Waals surface area contributed by atoms with Crippen molar-refractivity contribution in [1.82, 2.24) is 25.5 Å². The van der Waals surface area contributed by atoms with Gasteiger partial charge in [0.25, 0.3) is 0 Å². The van der Waals surface area contributed by atoms with Crippen LogP contribution in [0.15, 0.2) is 24.3 Å². The van der Waals surface area contributed by atoms with Crippen LogP contribution < -0.4 is 10.2 Å². The van der Waals surface area contributed by atoms with E-state index in [0.29, 0.717) is 13.0 Å². The smallest absolute Gasteiger partial charge is 0.312 e. The number of rotatable bonds is 6. The van der Waals surface area contributed by atoms with E-state index in [4.69, 9.17) is 0 Å². The number of hydrogen-bond donors (Lipinski definition) is 1. The molecule has 0 radical (unpaired) electrons. The van der Waals surface area contributed by atoms with Crippen molar-refractivity contribution in [2.24, 2.45) is 0 Å². The summed E-state index contributed by atoms with van der Waals surface area (Å²) >= 11 is 0. The van der Waals surface area contributed by atoms with Crippen LogP contribution in [-0.2, 0) is 17.9 Å². The zero-order chi connectivity index (χ0) is 18.7. The van der Waals surface area contributed by atoms with Crippen molar-refractivity contribution in [2.75, 3.05) is 11.4 Å². The van der Waals surface area contributed by atoms with Crippen molar-refractivity contribution in [3.8, 4) is 0 Å². The molecule has 0 bridgehead atoms. The van der Waals surface area contributed by atoms with Crippen LogP contribution in [0.4, 0.5) is 18.9 Å². The molecular weight excluding hydrogens is 349 g/mol. The van der Waals surface area contributed by atoms with Gasteiger partial charge < -0.3 is 10.2 Å². The average molecular weight is 368 g/mol. The maximum Gasteiger partial charge on any atom is 0.408 e. The van der Waals surface area contributed by atoms with Gasteiger partial charge in [0, 0.05) is 24.7 Å². The maximum atomic E-state index is 12.5. The number of hydrogen-bond acceptors (Lipinski definition) is 5. The van der Waals surface area contributed by atoms with E-state index in [0.717, 1.165) is 22.4 Å². The van der Waals surface area contributed by atoms with Crippen molar-refractivity contribution < 1.29 is 18.0 Å². The zero-order valence-electron chi connectivity index (χ0n) is 14.2. The number of anilines is 1. The van der Waals surface area contributed by atoms with Gasteiger partial charge in [-0.1, -0.05) is 12.1 Å². The number of halogens is 3. The molecule has 3 rings (SSSR count). The Morgan fingerprint density at radius 3 is 2.85 bits per heavy atom. The molecule has 2 heterocycles. The fraction of sp³-hybridized carbons (Fsp3) is 0.500. The van der Waals surface area contributed by atoms with Crippen LogP contribution in [-0.4, -0.2) is 38.8 Å². The molecule has 26 heavy (non-hydrogen) atoms. The monoisotopic (exact) mass is 368 g/mol. The third-order valence-corrected chi connectivity index (χ3v) is 4.26. The molecule has 0 spiro atoms. The minimum Gasteiger partial charge on any atom is -0.312 e. The Balaban J connectivity index is 1.65. The number of carbonyl (C=O) groups excluding carboxylic acids is 1. The molecule has 1 unspecified atom stereocenters. The lowest BCUT2D eigenvalue weighted by molar-refractivity contribution is -0.143. The van der Waals surface area contributed by atoms with Gasteiger partial charge in [0.05, 0.1) is 6.54 Å². The molecular formula is C16H19F3N6O. The van der Waals surface area contributed by atoms with Crippen LogP contribution in [0.25, 0.3) is 0 Å². The SMILES string of the molecule is CC(NCc1nnnn1CC(F)(F)F)c1cccc(N2CCCC2=O)c1. The van der Waals surface area contributed by atoms with E-state index in [1.54, 1.807) is 4.90 Å². The third kappa shape index (κ3) is 4.37. The van der Waals surface area contributed by atoms with Crippen LogP contribution >= 0.6 is 0 Å². The van der Waals surface area contributed by atoms with Crippen LogP contribution in [0.5, 0.6) is 0 Å². The van der Waals surface area contributed by atoms with E-state index in [1.807, 2.05) is 31.2 Å². The van der Waals surface area contributed by atoms with Crippen molar-refractivity contribution in [1.29, 1.82) is 0 Å². The predicted octanol–water partition coefficient (Wildman–Crippen LogP) is 2.21. The summed E-state index contributed by atoms with van der Waals surface area (Å²) in [5.41, 5.74) is 1.76. The van der Waals surface area contributed by atoms with Crippen LogP contribution in [0.1, 0.15) is 37.2 Å². The summed E-state index contributed by atoms with van der Waals surface area (Å²) in [7, 11) is 0. The van der Waals surface area contributed by atoms with Gasteiger partial charge >= 0.3 is 6.18 Å². The molecule has 1 aromatic carbocycles. The largest absolute Gasteiger partial charge is 0.408 e. The Labute approximate surface area is 148 Å². The van der Waals surface area contributed by atoms with Crippen molar-refractivity contribution >= 4 is 11.6 Å². The van der Waals surface area contributed by atoms with E-state index in [2.05, 4.69) is 20.8 Å². The van der Waals surface area contributed by atoms with Gasteiger partial charge in [-0.25, -0.2) is 4.68 Å². The first-order valence-electron chi connectivity index (χ1n) is 8.29. The number of aromatic nitrogens is 4. The number of amides is 1. The zero-order valence-corrected chi connectivity index (χ0v) is 14.2. The van der Waals surface area contributed by atoms with E-state index >= 15 is 0 Å². The van der Waals surface area contributed by atoms with Crippen molar-refractivity contribution in [2.45, 2.75) is 45.1 Å². The average Bonchev–Trinajstić information content (AvgIpc) is 3.20. The summed E-state index contributed by atoms with van der Waals surface area (Å²) in [6.45, 7) is 1.47. The lowest BCUT2D eigenvalue weighted by atomic mass is 10.1. The lowest BCUT2D eigenvalue weighted by Crippen LogP contribution is -2.26. The molecule has 1 amide bonds. The van der Waals surface area contributed by atoms with Gasteiger partial charge in [-0.15, -0.1) is 5.10 Å². The second-order valence-corrected chi connectivity index (χ2v) is 6.21. The highest BCUT2D eigenvalue weighted by molar-refractivity contribution is 5.95. The summed E-state index contributed by atoms with van der Waals surface area (Å²) < 4.78 is 38.3. The van der Waals surface area contributed by atoms with E-state index in [1.165, 1.54) is 0 Å². The Morgan fingerprint density at radius 1 is 1.35 bits per heavy atom. The topological polar surface area (TPSA) is 75.9 Å². The molecule has 1 atom stereocenters. The van der Waals surface area contributed by atoms with Gasteiger partial charge in [-0.2, -0.15) is 13.2 Å². The normalized spacial score (nSPS) is 16.3. The lowest BCUT2D eigenvalue weighted by Gasteiger charge is -2.19. The Hall–Kier alpha value is -2.49. The predicted molar refractivity (Wildman–Crippen MR) is 87.2 cm³/mol. The number of tetrazole rings is 1. The molecule has 0 aliphatic carbocycles. The minimum absolute atomic E-state index is 0.0944. The molecule has 1 N–H and O–H groups in total. The molecule has 1 saturated heterocycles. The molecule has 10 heteroatoms. The summed E-state index contributed by atoms with van der Waals surface area (Å²) in [6.07, 6.45) is -2.98. The molecule has 7 nitrogen and oxygen atoms in total. The molecule has 2 aromatic rings. The summed E-state index contributed by atoms with van der Waals surface area (Å²) in [4.78, 5) is 13.6. The highest BCUT2D eigenvalue weighted by Crippen LogP contribution is 2.25. The van der Waals surface area contributed by atoms with Crippen molar-refractivity contribution in [3.63, 3.8) is 0 Å². The standard InChI is InChI=1S/C16H19F3N6O/c1-11(20-9-14-21-22-23-25(14)10-16(17,18)19)12-4-2-5-13(8-12)24-7-3-6-15(24)26/h2,4-5,8,11,20H,3,6-7,9-10H2,1H3. The molecule has 1 aliphatic heterocycles. The number of alkyl halides is 3. The molecule has 0 saturated carbocycles. The number of benzene rings is 1. The quantitative estimate of drug-likeness (QED) is 0.846. The van der Waals surface area contributed by atoms with Crippen LogP contribution in [0.2, 0.25) is 0 Å². The van der Waals surface area contributed by atoms with Gasteiger partial charge in [0.2, 0.25) is 5.91 Å². The Kier molecular flexibility index (Phi) is 5.21. The van der Waals surface area contributed by atoms with Gasteiger partial charge in [0.15, 0.2) is 5.82 Å². The molecule has 1 fully saturated rings. The Bertz CT molecular complexity index is 775. The number of carbonyl (C=O) groups is 1. The second-order valence-electron chi connectivity index (χ2n) is 6.21. The number of nitrogens with one attached hydrogen (secondary N) is 1. The fourth-order valence-electron chi connectivity index (χ4n) is 2.89. The third-order valence-electron chi connectivity index (χ3n) is 4.26. The van der Waals surface area contributed by atoms with E-state index in [9.17, 15) is 18.0 Å². The van der Waals surface area contributed by atoms with Crippen molar-refractivity contribution in [3.05, 3.63) is 35.7 Å². The first-order chi connectivity index (χ1) is 12.3. The van der Waals surface area contributed by atoms with Crippen LogP contribution in [0.3, 0.4) is 0 Å². The molecule has 140 valence electrons. The second kappa shape index (κ2) is 7.40. The van der Waals surface area contributed by atoms with Gasteiger partial charge in [-0.05, 0) is 41.5 Å². The maximum absolute atomic E-state index is 12.5. The summed E-state index contributed by atoms with van der Waals surface area (Å²) in [5.74, 6) is 0.217.